The van der Waals surface area contributed by atoms with E-state index in [1.165, 1.54) is 37.8 Å². The van der Waals surface area contributed by atoms with Gasteiger partial charge in [0.1, 0.15) is 11.2 Å². The minimum absolute atomic E-state index is 0.845. The number of furan rings is 1. The topological polar surface area (TPSA) is 27.9 Å². The SMILES string of the molecule is c1ccc(-n2c3ccccc3c3c(-c4cccc5c4oc4cc(-n6c7ccccc7c7ccccc76)cc(-n6c7ccccc7c7ccccc76)c45)cccc32)cc1. The number of rotatable bonds is 4. The molecular formula is C54H33N3O. The Labute approximate surface area is 332 Å². The van der Waals surface area contributed by atoms with Crippen molar-refractivity contribution in [2.24, 2.45) is 0 Å². The van der Waals surface area contributed by atoms with Gasteiger partial charge in [0.25, 0.3) is 0 Å². The summed E-state index contributed by atoms with van der Waals surface area (Å²) < 4.78 is 14.5. The van der Waals surface area contributed by atoms with E-state index in [4.69, 9.17) is 4.42 Å². The van der Waals surface area contributed by atoms with Gasteiger partial charge in [-0.1, -0.05) is 140 Å². The molecule has 270 valence electrons. The second-order valence-corrected chi connectivity index (χ2v) is 15.2. The lowest BCUT2D eigenvalue weighted by Gasteiger charge is -2.14. The Morgan fingerprint density at radius 2 is 0.741 bits per heavy atom. The molecule has 0 saturated carbocycles. The van der Waals surface area contributed by atoms with E-state index in [2.05, 4.69) is 214 Å². The van der Waals surface area contributed by atoms with E-state index in [1.54, 1.807) is 0 Å². The van der Waals surface area contributed by atoms with E-state index < -0.39 is 0 Å². The van der Waals surface area contributed by atoms with E-state index in [-0.39, 0.29) is 0 Å². The molecule has 0 unspecified atom stereocenters. The highest BCUT2D eigenvalue weighted by atomic mass is 16.3. The standard InChI is InChI=1S/C54H33N3O/c1-2-16-34(17-3-1)55-48-30-13-8-22-42(48)52-40(23-15-31-49(52)55)41-24-14-25-43-53-50(57-46-28-11-6-20-38(46)39-21-7-12-29-47(39)57)32-35(33-51(53)58-54(41)43)56-44-26-9-4-18-36(44)37-19-5-10-27-45(37)56/h1-33H. The van der Waals surface area contributed by atoms with Gasteiger partial charge in [-0.3, -0.25) is 0 Å². The third-order valence-corrected chi connectivity index (χ3v) is 12.2. The van der Waals surface area contributed by atoms with Gasteiger partial charge in [0.05, 0.1) is 49.9 Å². The predicted octanol–water partition coefficient (Wildman–Crippen LogP) is 14.5. The van der Waals surface area contributed by atoms with Gasteiger partial charge in [-0.25, -0.2) is 0 Å². The molecular weight excluding hydrogens is 707 g/mol. The second-order valence-electron chi connectivity index (χ2n) is 15.2. The van der Waals surface area contributed by atoms with Crippen molar-refractivity contribution in [3.8, 4) is 28.2 Å². The highest BCUT2D eigenvalue weighted by molar-refractivity contribution is 6.21. The molecule has 4 heteroatoms. The van der Waals surface area contributed by atoms with Crippen LogP contribution in [0.4, 0.5) is 0 Å². The molecule has 0 radical (unpaired) electrons. The Morgan fingerprint density at radius 3 is 1.36 bits per heavy atom. The van der Waals surface area contributed by atoms with Crippen molar-refractivity contribution < 1.29 is 4.42 Å². The first-order chi connectivity index (χ1) is 28.8. The van der Waals surface area contributed by atoms with Crippen molar-refractivity contribution in [2.75, 3.05) is 0 Å². The number of hydrogen-bond acceptors (Lipinski definition) is 1. The van der Waals surface area contributed by atoms with Crippen molar-refractivity contribution in [3.63, 3.8) is 0 Å². The summed E-state index contributed by atoms with van der Waals surface area (Å²) in [5.41, 5.74) is 14.2. The van der Waals surface area contributed by atoms with Gasteiger partial charge in [-0.05, 0) is 60.2 Å². The summed E-state index contributed by atoms with van der Waals surface area (Å²) in [4.78, 5) is 0. The summed E-state index contributed by atoms with van der Waals surface area (Å²) in [6.07, 6.45) is 0. The molecule has 0 atom stereocenters. The number of fused-ring (bicyclic) bond motifs is 12. The van der Waals surface area contributed by atoms with Crippen LogP contribution in [0.2, 0.25) is 0 Å². The Bertz CT molecular complexity index is 3690. The minimum atomic E-state index is 0.845. The van der Waals surface area contributed by atoms with Gasteiger partial charge in [-0.2, -0.15) is 0 Å². The zero-order chi connectivity index (χ0) is 37.9. The molecule has 0 N–H and O–H groups in total. The molecule has 0 fully saturated rings. The molecule has 0 amide bonds. The second kappa shape index (κ2) is 11.8. The number of hydrogen-bond donors (Lipinski definition) is 0. The van der Waals surface area contributed by atoms with E-state index in [1.807, 2.05) is 0 Å². The first-order valence-corrected chi connectivity index (χ1v) is 19.9. The molecule has 4 nitrogen and oxygen atoms in total. The van der Waals surface area contributed by atoms with E-state index in [0.717, 1.165) is 77.7 Å². The maximum absolute atomic E-state index is 7.28. The Kier molecular flexibility index (Phi) is 6.41. The van der Waals surface area contributed by atoms with Crippen molar-refractivity contribution in [1.82, 2.24) is 13.7 Å². The van der Waals surface area contributed by atoms with Crippen LogP contribution in [0, 0.1) is 0 Å². The van der Waals surface area contributed by atoms with Gasteiger partial charge >= 0.3 is 0 Å². The van der Waals surface area contributed by atoms with Crippen LogP contribution in [-0.2, 0) is 0 Å². The molecule has 4 heterocycles. The quantitative estimate of drug-likeness (QED) is 0.177. The van der Waals surface area contributed by atoms with Crippen LogP contribution in [0.3, 0.4) is 0 Å². The Balaban J connectivity index is 1.17. The summed E-state index contributed by atoms with van der Waals surface area (Å²) in [7, 11) is 0. The van der Waals surface area contributed by atoms with Crippen LogP contribution in [0.25, 0.3) is 116 Å². The smallest absolute Gasteiger partial charge is 0.143 e. The highest BCUT2D eigenvalue weighted by Crippen LogP contribution is 2.46. The maximum atomic E-state index is 7.28. The van der Waals surface area contributed by atoms with Gasteiger partial charge < -0.3 is 18.1 Å². The first-order valence-electron chi connectivity index (χ1n) is 19.9. The molecule has 0 spiro atoms. The summed E-state index contributed by atoms with van der Waals surface area (Å²) in [6, 6.07) is 72.3. The van der Waals surface area contributed by atoms with Crippen LogP contribution in [0.15, 0.2) is 205 Å². The number of nitrogens with zero attached hydrogens (tertiary/aromatic N) is 3. The summed E-state index contributed by atoms with van der Waals surface area (Å²) in [5.74, 6) is 0. The summed E-state index contributed by atoms with van der Waals surface area (Å²) >= 11 is 0. The van der Waals surface area contributed by atoms with E-state index >= 15 is 0 Å². The molecule has 13 aromatic rings. The molecule has 0 aliphatic carbocycles. The first kappa shape index (κ1) is 31.4. The molecule has 13 rings (SSSR count). The van der Waals surface area contributed by atoms with Gasteiger partial charge in [0, 0.05) is 55.0 Å². The van der Waals surface area contributed by atoms with Crippen molar-refractivity contribution in [3.05, 3.63) is 200 Å². The Morgan fingerprint density at radius 1 is 0.293 bits per heavy atom. The fraction of sp³-hybridized carbons (Fsp3) is 0. The van der Waals surface area contributed by atoms with Gasteiger partial charge in [-0.15, -0.1) is 0 Å². The molecule has 0 saturated heterocycles. The van der Waals surface area contributed by atoms with Crippen molar-refractivity contribution in [1.29, 1.82) is 0 Å². The van der Waals surface area contributed by atoms with Crippen LogP contribution in [0.1, 0.15) is 0 Å². The zero-order valence-corrected chi connectivity index (χ0v) is 31.3. The lowest BCUT2D eigenvalue weighted by atomic mass is 9.97. The molecule has 9 aromatic carbocycles. The minimum Gasteiger partial charge on any atom is -0.455 e. The van der Waals surface area contributed by atoms with E-state index in [0.29, 0.717) is 0 Å². The lowest BCUT2D eigenvalue weighted by molar-refractivity contribution is 0.669. The van der Waals surface area contributed by atoms with Crippen LogP contribution < -0.4 is 0 Å². The fourth-order valence-corrected chi connectivity index (χ4v) is 9.89. The number of aromatic nitrogens is 3. The van der Waals surface area contributed by atoms with E-state index in [9.17, 15) is 0 Å². The molecule has 0 aliphatic heterocycles. The van der Waals surface area contributed by atoms with Gasteiger partial charge in [0.15, 0.2) is 0 Å². The molecule has 0 aliphatic rings. The average molecular weight is 740 g/mol. The third kappa shape index (κ3) is 4.23. The third-order valence-electron chi connectivity index (χ3n) is 12.2. The monoisotopic (exact) mass is 739 g/mol. The summed E-state index contributed by atoms with van der Waals surface area (Å²) in [6.45, 7) is 0. The molecule has 58 heavy (non-hydrogen) atoms. The van der Waals surface area contributed by atoms with Crippen molar-refractivity contribution in [2.45, 2.75) is 0 Å². The highest BCUT2D eigenvalue weighted by Gasteiger charge is 2.24. The maximum Gasteiger partial charge on any atom is 0.143 e. The predicted molar refractivity (Wildman–Crippen MR) is 242 cm³/mol. The Hall–Kier alpha value is -7.82. The molecule has 4 aromatic heterocycles. The van der Waals surface area contributed by atoms with Crippen LogP contribution in [-0.4, -0.2) is 13.7 Å². The number of para-hydroxylation sites is 7. The van der Waals surface area contributed by atoms with Gasteiger partial charge in [0.2, 0.25) is 0 Å². The average Bonchev–Trinajstić information content (AvgIpc) is 4.03. The van der Waals surface area contributed by atoms with Crippen LogP contribution in [0.5, 0.6) is 0 Å². The van der Waals surface area contributed by atoms with Crippen molar-refractivity contribution >= 4 is 87.4 Å². The lowest BCUT2D eigenvalue weighted by Crippen LogP contribution is -1.99. The summed E-state index contributed by atoms with van der Waals surface area (Å²) in [5, 5.41) is 9.51. The number of benzene rings is 9. The fourth-order valence-electron chi connectivity index (χ4n) is 9.89. The molecule has 0 bridgehead atoms. The largest absolute Gasteiger partial charge is 0.455 e. The van der Waals surface area contributed by atoms with Crippen LogP contribution >= 0.6 is 0 Å². The zero-order valence-electron chi connectivity index (χ0n) is 31.3. The normalized spacial score (nSPS) is 12.1.